The molecule has 0 atom stereocenters. The van der Waals surface area contributed by atoms with Crippen molar-refractivity contribution < 1.29 is 57.8 Å². The van der Waals surface area contributed by atoms with Crippen LogP contribution in [0.1, 0.15) is 0 Å². The van der Waals surface area contributed by atoms with Crippen LogP contribution < -0.4 is 5.73 Å². The van der Waals surface area contributed by atoms with Gasteiger partial charge in [-0.2, -0.15) is 52.7 Å². The van der Waals surface area contributed by atoms with Gasteiger partial charge in [0.2, 0.25) is 0 Å². The molecular weight excluding hydrogens is 330 g/mol. The Hall–Kier alpha value is -0.920. The molecule has 0 aromatic heterocycles. The number of hydrogen-bond acceptors (Lipinski definition) is 2. The highest BCUT2D eigenvalue weighted by Gasteiger charge is 2.90. The Kier molecular flexibility index (Phi) is 4.09. The Morgan fingerprint density at radius 1 is 0.500 bits per heavy atom. The highest BCUT2D eigenvalue weighted by molar-refractivity contribution is 5.08. The predicted molar refractivity (Wildman–Crippen MR) is 36.1 cm³/mol. The lowest BCUT2D eigenvalue weighted by molar-refractivity contribution is -0.451. The van der Waals surface area contributed by atoms with Crippen molar-refractivity contribution in [2.45, 2.75) is 35.8 Å². The molecule has 0 spiro atoms. The summed E-state index contributed by atoms with van der Waals surface area (Å²) in [4.78, 5) is 0. The van der Waals surface area contributed by atoms with Gasteiger partial charge in [0.25, 0.3) is 0 Å². The zero-order valence-electron chi connectivity index (χ0n) is 8.56. The van der Waals surface area contributed by atoms with Crippen LogP contribution in [0.2, 0.25) is 0 Å². The number of aliphatic hydroxyl groups is 1. The smallest absolute Gasteiger partial charge is 0.331 e. The summed E-state index contributed by atoms with van der Waals surface area (Å²) in [6.07, 6.45) is -6.90. The molecule has 0 fully saturated rings. The summed E-state index contributed by atoms with van der Waals surface area (Å²) in [5, 5.41) is 7.35. The van der Waals surface area contributed by atoms with Crippen LogP contribution in [0.25, 0.3) is 0 Å². The third kappa shape index (κ3) is 2.27. The predicted octanol–water partition coefficient (Wildman–Crippen LogP) is 2.66. The van der Waals surface area contributed by atoms with E-state index in [0.717, 1.165) is 0 Å². The van der Waals surface area contributed by atoms with Gasteiger partial charge in [-0.05, 0) is 0 Å². The molecule has 20 heavy (non-hydrogen) atoms. The van der Waals surface area contributed by atoms with E-state index in [2.05, 4.69) is 5.73 Å². The number of rotatable bonds is 5. The molecule has 3 N–H and O–H groups in total. The molecule has 0 aliphatic heterocycles. The second-order valence-electron chi connectivity index (χ2n) is 3.46. The van der Waals surface area contributed by atoms with Gasteiger partial charge in [0.05, 0.1) is 0 Å². The van der Waals surface area contributed by atoms with E-state index in [-0.39, 0.29) is 0 Å². The van der Waals surface area contributed by atoms with E-state index in [0.29, 0.717) is 0 Å². The fraction of sp³-hybridized carbons (Fsp3) is 1.00. The van der Waals surface area contributed by atoms with Crippen LogP contribution in [0.4, 0.5) is 52.7 Å². The Bertz CT molecular complexity index is 329. The molecule has 0 heterocycles. The first-order valence-electron chi connectivity index (χ1n) is 4.03. The minimum atomic E-state index is -7.76. The summed E-state index contributed by atoms with van der Waals surface area (Å²) in [6, 6.07) is -6.44. The molecule has 0 saturated carbocycles. The quantitative estimate of drug-likeness (QED) is 0.600. The summed E-state index contributed by atoms with van der Waals surface area (Å²) in [7, 11) is 0. The SMILES string of the molecule is NC(F)(F)C(F)(F)C(F)(F)C(F)(F)C(F)(F)C(O)(F)F. The van der Waals surface area contributed by atoms with Crippen molar-refractivity contribution in [2.75, 3.05) is 0 Å². The summed E-state index contributed by atoms with van der Waals surface area (Å²) in [6.45, 7) is 0. The highest BCUT2D eigenvalue weighted by Crippen LogP contribution is 2.58. The molecule has 0 radical (unpaired) electrons. The molecule has 0 aromatic carbocycles. The van der Waals surface area contributed by atoms with Crippen LogP contribution in [0.5, 0.6) is 0 Å². The molecule has 0 aliphatic rings. The maximum absolute atomic E-state index is 12.5. The standard InChI is InChI=1S/C6H3F12NO/c7-1(8,3(11,12)5(15,16)19)2(9,10)4(13,14)6(17,18)20/h20H,19H2. The lowest BCUT2D eigenvalue weighted by Crippen LogP contribution is -2.72. The van der Waals surface area contributed by atoms with E-state index in [1.54, 1.807) is 0 Å². The summed E-state index contributed by atoms with van der Waals surface area (Å²) in [5.41, 5.74) is 3.16. The van der Waals surface area contributed by atoms with Gasteiger partial charge < -0.3 is 5.11 Å². The second-order valence-corrected chi connectivity index (χ2v) is 3.46. The van der Waals surface area contributed by atoms with Crippen LogP contribution in [0.15, 0.2) is 0 Å². The molecule has 2 nitrogen and oxygen atoms in total. The fourth-order valence-electron chi connectivity index (χ4n) is 0.793. The zero-order valence-corrected chi connectivity index (χ0v) is 8.56. The number of alkyl halides is 12. The van der Waals surface area contributed by atoms with Gasteiger partial charge in [0.15, 0.2) is 0 Å². The number of halogens is 12. The largest absolute Gasteiger partial charge is 0.423 e. The summed E-state index contributed by atoms with van der Waals surface area (Å²) < 4.78 is 147. The molecule has 0 bridgehead atoms. The van der Waals surface area contributed by atoms with Crippen LogP contribution in [0.3, 0.4) is 0 Å². The molecule has 122 valence electrons. The van der Waals surface area contributed by atoms with Crippen molar-refractivity contribution in [3.05, 3.63) is 0 Å². The number of nitrogens with two attached hydrogens (primary N) is 1. The van der Waals surface area contributed by atoms with Crippen LogP contribution >= 0.6 is 0 Å². The van der Waals surface area contributed by atoms with E-state index >= 15 is 0 Å². The second kappa shape index (κ2) is 4.29. The van der Waals surface area contributed by atoms with Crippen molar-refractivity contribution in [1.29, 1.82) is 0 Å². The lowest BCUT2D eigenvalue weighted by Gasteiger charge is -2.39. The molecule has 0 unspecified atom stereocenters. The van der Waals surface area contributed by atoms with Crippen molar-refractivity contribution >= 4 is 0 Å². The third-order valence-electron chi connectivity index (χ3n) is 1.98. The van der Waals surface area contributed by atoms with Gasteiger partial charge >= 0.3 is 35.8 Å². The number of hydrogen-bond donors (Lipinski definition) is 2. The Morgan fingerprint density at radius 2 is 0.750 bits per heavy atom. The molecular formula is C6H3F12NO. The van der Waals surface area contributed by atoms with E-state index < -0.39 is 35.8 Å². The van der Waals surface area contributed by atoms with Crippen LogP contribution in [-0.4, -0.2) is 41.0 Å². The fourth-order valence-corrected chi connectivity index (χ4v) is 0.793. The van der Waals surface area contributed by atoms with E-state index in [1.165, 1.54) is 0 Å². The van der Waals surface area contributed by atoms with Gasteiger partial charge in [-0.25, -0.2) is 0 Å². The zero-order chi connectivity index (χ0) is 17.0. The molecule has 0 amide bonds. The molecule has 0 rings (SSSR count). The highest BCUT2D eigenvalue weighted by atomic mass is 19.4. The maximum atomic E-state index is 12.5. The average molecular weight is 333 g/mol. The van der Waals surface area contributed by atoms with Gasteiger partial charge in [-0.15, -0.1) is 0 Å². The minimum Gasteiger partial charge on any atom is -0.331 e. The van der Waals surface area contributed by atoms with Crippen molar-refractivity contribution in [1.82, 2.24) is 0 Å². The van der Waals surface area contributed by atoms with Crippen molar-refractivity contribution in [3.8, 4) is 0 Å². The Balaban J connectivity index is 6.08. The topological polar surface area (TPSA) is 46.2 Å². The van der Waals surface area contributed by atoms with E-state index in [9.17, 15) is 52.7 Å². The Labute approximate surface area is 101 Å². The van der Waals surface area contributed by atoms with Gasteiger partial charge in [-0.1, -0.05) is 0 Å². The van der Waals surface area contributed by atoms with Crippen molar-refractivity contribution in [2.24, 2.45) is 5.73 Å². The molecule has 0 saturated heterocycles. The molecule has 0 aromatic rings. The van der Waals surface area contributed by atoms with Crippen LogP contribution in [-0.2, 0) is 0 Å². The first-order valence-corrected chi connectivity index (χ1v) is 4.03. The van der Waals surface area contributed by atoms with E-state index in [4.69, 9.17) is 5.11 Å². The first-order chi connectivity index (χ1) is 8.25. The minimum absolute atomic E-state index is 3.16. The normalized spacial score (nSPS) is 16.5. The third-order valence-corrected chi connectivity index (χ3v) is 1.98. The van der Waals surface area contributed by atoms with Gasteiger partial charge in [-0.3, -0.25) is 5.73 Å². The first kappa shape index (κ1) is 19.1. The summed E-state index contributed by atoms with van der Waals surface area (Å²) >= 11 is 0. The Morgan fingerprint density at radius 3 is 0.950 bits per heavy atom. The van der Waals surface area contributed by atoms with Crippen molar-refractivity contribution in [3.63, 3.8) is 0 Å². The molecule has 14 heteroatoms. The molecule has 0 aliphatic carbocycles. The van der Waals surface area contributed by atoms with E-state index in [1.807, 2.05) is 0 Å². The average Bonchev–Trinajstić information content (AvgIpc) is 2.12. The monoisotopic (exact) mass is 333 g/mol. The van der Waals surface area contributed by atoms with Gasteiger partial charge in [0.1, 0.15) is 0 Å². The van der Waals surface area contributed by atoms with Crippen LogP contribution in [0, 0.1) is 0 Å². The van der Waals surface area contributed by atoms with Gasteiger partial charge in [0, 0.05) is 0 Å². The summed E-state index contributed by atoms with van der Waals surface area (Å²) in [5.74, 6) is -30.3. The lowest BCUT2D eigenvalue weighted by atomic mass is 9.96. The maximum Gasteiger partial charge on any atom is 0.423 e.